The van der Waals surface area contributed by atoms with Crippen molar-refractivity contribution in [3.63, 3.8) is 0 Å². The van der Waals surface area contributed by atoms with Gasteiger partial charge in [-0.3, -0.25) is 14.6 Å². The molecule has 0 radical (unpaired) electrons. The number of benzene rings is 1. The van der Waals surface area contributed by atoms with Crippen LogP contribution in [0.15, 0.2) is 48.8 Å². The number of rotatable bonds is 7. The van der Waals surface area contributed by atoms with Gasteiger partial charge in [-0.05, 0) is 29.8 Å². The number of halogens is 1. The Bertz CT molecular complexity index is 713. The van der Waals surface area contributed by atoms with Gasteiger partial charge in [0.2, 0.25) is 5.91 Å². The average molecular weight is 345 g/mol. The minimum Gasteiger partial charge on any atom is -0.426 e. The Morgan fingerprint density at radius 2 is 1.92 bits per heavy atom. The largest absolute Gasteiger partial charge is 0.472 e. The first-order valence-corrected chi connectivity index (χ1v) is 7.55. The van der Waals surface area contributed by atoms with Gasteiger partial charge in [0.15, 0.2) is 0 Å². The van der Waals surface area contributed by atoms with E-state index in [2.05, 4.69) is 15.6 Å². The molecule has 7 nitrogen and oxygen atoms in total. The van der Waals surface area contributed by atoms with Crippen LogP contribution in [0.3, 0.4) is 0 Å². The van der Waals surface area contributed by atoms with Gasteiger partial charge in [0, 0.05) is 12.4 Å². The summed E-state index contributed by atoms with van der Waals surface area (Å²) in [5, 5.41) is 22.6. The molecule has 0 saturated carbocycles. The molecule has 0 saturated heterocycles. The molecule has 4 N–H and O–H groups in total. The molecule has 0 bridgehead atoms. The summed E-state index contributed by atoms with van der Waals surface area (Å²) in [5.41, 5.74) is 0.860. The molecule has 2 rings (SSSR count). The van der Waals surface area contributed by atoms with E-state index in [1.807, 2.05) is 0 Å². The van der Waals surface area contributed by atoms with E-state index in [0.29, 0.717) is 11.1 Å². The van der Waals surface area contributed by atoms with Crippen LogP contribution in [-0.2, 0) is 4.79 Å². The molecule has 1 unspecified atom stereocenters. The molecule has 130 valence electrons. The Balaban J connectivity index is 2.12. The first-order valence-electron chi connectivity index (χ1n) is 7.55. The summed E-state index contributed by atoms with van der Waals surface area (Å²) < 4.78 is 13.1. The van der Waals surface area contributed by atoms with Crippen LogP contribution >= 0.6 is 0 Å². The van der Waals surface area contributed by atoms with Gasteiger partial charge in [-0.1, -0.05) is 12.1 Å². The SMILES string of the molecule is O=C(CC(NC(=O)c1cccnc1)c1ccc(F)cc1)NCB(O)O. The number of nitrogens with zero attached hydrogens (tertiary/aromatic N) is 1. The van der Waals surface area contributed by atoms with Crippen LogP contribution in [0.2, 0.25) is 0 Å². The fourth-order valence-electron chi connectivity index (χ4n) is 2.15. The zero-order chi connectivity index (χ0) is 18.2. The van der Waals surface area contributed by atoms with Crippen molar-refractivity contribution in [1.82, 2.24) is 15.6 Å². The number of carbonyl (C=O) groups excluding carboxylic acids is 2. The van der Waals surface area contributed by atoms with E-state index in [9.17, 15) is 14.0 Å². The van der Waals surface area contributed by atoms with Gasteiger partial charge in [0.05, 0.1) is 24.5 Å². The highest BCUT2D eigenvalue weighted by Gasteiger charge is 2.20. The van der Waals surface area contributed by atoms with Crippen molar-refractivity contribution in [2.45, 2.75) is 12.5 Å². The molecule has 2 aromatic rings. The highest BCUT2D eigenvalue weighted by Crippen LogP contribution is 2.18. The van der Waals surface area contributed by atoms with E-state index in [4.69, 9.17) is 10.0 Å². The van der Waals surface area contributed by atoms with Crippen molar-refractivity contribution in [3.8, 4) is 0 Å². The van der Waals surface area contributed by atoms with Crippen molar-refractivity contribution in [1.29, 1.82) is 0 Å². The predicted octanol–water partition coefficient (Wildman–Crippen LogP) is 0.210. The highest BCUT2D eigenvalue weighted by atomic mass is 19.1. The summed E-state index contributed by atoms with van der Waals surface area (Å²) in [4.78, 5) is 28.1. The van der Waals surface area contributed by atoms with E-state index in [0.717, 1.165) is 0 Å². The first kappa shape index (κ1) is 18.6. The minimum absolute atomic E-state index is 0.148. The Labute approximate surface area is 144 Å². The zero-order valence-electron chi connectivity index (χ0n) is 13.2. The number of amides is 2. The van der Waals surface area contributed by atoms with Gasteiger partial charge in [-0.2, -0.15) is 0 Å². The molecule has 25 heavy (non-hydrogen) atoms. The van der Waals surface area contributed by atoms with E-state index in [1.54, 1.807) is 12.1 Å². The maximum atomic E-state index is 13.1. The molecule has 0 fully saturated rings. The summed E-state index contributed by atoms with van der Waals surface area (Å²) in [6.07, 6.45) is 2.44. The number of nitrogens with one attached hydrogen (secondary N) is 2. The van der Waals surface area contributed by atoms with Crippen LogP contribution in [0.4, 0.5) is 4.39 Å². The number of pyridine rings is 1. The molecular weight excluding hydrogens is 328 g/mol. The van der Waals surface area contributed by atoms with Crippen LogP contribution in [0.25, 0.3) is 0 Å². The topological polar surface area (TPSA) is 112 Å². The van der Waals surface area contributed by atoms with Crippen LogP contribution in [-0.4, -0.2) is 40.4 Å². The van der Waals surface area contributed by atoms with Crippen LogP contribution in [0.1, 0.15) is 28.4 Å². The third-order valence-electron chi connectivity index (χ3n) is 3.37. The smallest absolute Gasteiger partial charge is 0.426 e. The van der Waals surface area contributed by atoms with Gasteiger partial charge in [-0.25, -0.2) is 4.39 Å². The summed E-state index contributed by atoms with van der Waals surface area (Å²) in [6.45, 7) is 0. The molecule has 1 aromatic carbocycles. The molecule has 0 aliphatic rings. The standard InChI is InChI=1S/C16H17BFN3O4/c18-13-5-3-11(4-6-13)14(8-15(22)20-10-17(24)25)21-16(23)12-2-1-7-19-9-12/h1-7,9,14,24-25H,8,10H2,(H,20,22)(H,21,23). The Hall–Kier alpha value is -2.78. The fourth-order valence-corrected chi connectivity index (χ4v) is 2.15. The fraction of sp³-hybridized carbons (Fsp3) is 0.188. The quantitative estimate of drug-likeness (QED) is 0.536. The van der Waals surface area contributed by atoms with Crippen LogP contribution < -0.4 is 10.6 Å². The average Bonchev–Trinajstić information content (AvgIpc) is 2.61. The van der Waals surface area contributed by atoms with Crippen molar-refractivity contribution < 1.29 is 24.0 Å². The Kier molecular flexibility index (Phi) is 6.61. The summed E-state index contributed by atoms with van der Waals surface area (Å²) in [5.74, 6) is -1.36. The maximum absolute atomic E-state index is 13.1. The number of hydrogen-bond acceptors (Lipinski definition) is 5. The van der Waals surface area contributed by atoms with Gasteiger partial charge in [0.25, 0.3) is 5.91 Å². The van der Waals surface area contributed by atoms with Gasteiger partial charge in [-0.15, -0.1) is 0 Å². The summed E-state index contributed by atoms with van der Waals surface area (Å²) in [7, 11) is -1.67. The predicted molar refractivity (Wildman–Crippen MR) is 88.7 cm³/mol. The van der Waals surface area contributed by atoms with Gasteiger partial charge >= 0.3 is 7.12 Å². The molecule has 1 heterocycles. The van der Waals surface area contributed by atoms with E-state index in [-0.39, 0.29) is 12.9 Å². The lowest BCUT2D eigenvalue weighted by molar-refractivity contribution is -0.121. The molecule has 2 amide bonds. The molecule has 9 heteroatoms. The van der Waals surface area contributed by atoms with E-state index in [1.165, 1.54) is 36.7 Å². The molecular formula is C16H17BFN3O4. The highest BCUT2D eigenvalue weighted by molar-refractivity contribution is 6.41. The lowest BCUT2D eigenvalue weighted by atomic mass is 9.92. The molecule has 1 atom stereocenters. The van der Waals surface area contributed by atoms with Crippen molar-refractivity contribution in [3.05, 3.63) is 65.7 Å². The number of carbonyl (C=O) groups is 2. The molecule has 0 spiro atoms. The minimum atomic E-state index is -1.67. The normalized spacial score (nSPS) is 11.5. The second-order valence-corrected chi connectivity index (χ2v) is 5.31. The van der Waals surface area contributed by atoms with E-state index < -0.39 is 30.8 Å². The van der Waals surface area contributed by atoms with Gasteiger partial charge < -0.3 is 20.7 Å². The second kappa shape index (κ2) is 8.90. The molecule has 0 aliphatic heterocycles. The maximum Gasteiger partial charge on any atom is 0.472 e. The van der Waals surface area contributed by atoms with Crippen molar-refractivity contribution >= 4 is 18.9 Å². The monoisotopic (exact) mass is 345 g/mol. The van der Waals surface area contributed by atoms with Crippen LogP contribution in [0, 0.1) is 5.82 Å². The number of hydrogen-bond donors (Lipinski definition) is 4. The zero-order valence-corrected chi connectivity index (χ0v) is 13.2. The van der Waals surface area contributed by atoms with Gasteiger partial charge in [0.1, 0.15) is 5.82 Å². The Morgan fingerprint density at radius 1 is 1.20 bits per heavy atom. The van der Waals surface area contributed by atoms with E-state index >= 15 is 0 Å². The van der Waals surface area contributed by atoms with Crippen molar-refractivity contribution in [2.24, 2.45) is 0 Å². The Morgan fingerprint density at radius 3 is 2.52 bits per heavy atom. The first-order chi connectivity index (χ1) is 12.0. The summed E-state index contributed by atoms with van der Waals surface area (Å²) >= 11 is 0. The third-order valence-corrected chi connectivity index (χ3v) is 3.37. The molecule has 0 aliphatic carbocycles. The summed E-state index contributed by atoms with van der Waals surface area (Å²) in [6, 6.07) is 7.87. The molecule has 1 aromatic heterocycles. The van der Waals surface area contributed by atoms with Crippen molar-refractivity contribution in [2.75, 3.05) is 6.44 Å². The third kappa shape index (κ3) is 5.98. The number of aromatic nitrogens is 1. The van der Waals surface area contributed by atoms with Crippen LogP contribution in [0.5, 0.6) is 0 Å². The lowest BCUT2D eigenvalue weighted by Crippen LogP contribution is -2.38. The lowest BCUT2D eigenvalue weighted by Gasteiger charge is -2.19. The second-order valence-electron chi connectivity index (χ2n) is 5.31.